The fraction of sp³-hybridized carbons (Fsp3) is 0.346. The number of fused-ring (bicyclic) bond motifs is 1. The van der Waals surface area contributed by atoms with Crippen LogP contribution in [0.1, 0.15) is 41.8 Å². The molecule has 0 radical (unpaired) electrons. The van der Waals surface area contributed by atoms with Crippen molar-refractivity contribution in [2.75, 3.05) is 33.8 Å². The second-order valence-corrected chi connectivity index (χ2v) is 8.61. The number of aromatic nitrogens is 3. The molecule has 0 bridgehead atoms. The normalized spacial score (nSPS) is 18.9. The molecule has 0 saturated carbocycles. The lowest BCUT2D eigenvalue weighted by atomic mass is 9.78. The minimum atomic E-state index is -0.472. The van der Waals surface area contributed by atoms with Crippen LogP contribution in [0, 0.1) is 6.92 Å². The van der Waals surface area contributed by atoms with Crippen molar-refractivity contribution in [2.45, 2.75) is 31.7 Å². The van der Waals surface area contributed by atoms with E-state index in [0.717, 1.165) is 22.6 Å². The van der Waals surface area contributed by atoms with Crippen molar-refractivity contribution in [3.63, 3.8) is 0 Å². The van der Waals surface area contributed by atoms with Gasteiger partial charge in [0.15, 0.2) is 17.3 Å². The monoisotopic (exact) mass is 476 g/mol. The minimum Gasteiger partial charge on any atom is -0.497 e. The average Bonchev–Trinajstić information content (AvgIpc) is 3.25. The molecule has 0 fully saturated rings. The summed E-state index contributed by atoms with van der Waals surface area (Å²) >= 11 is 0. The Bertz CT molecular complexity index is 1290. The number of hydrogen-bond acceptors (Lipinski definition) is 8. The first-order valence-electron chi connectivity index (χ1n) is 11.4. The Labute approximate surface area is 203 Å². The summed E-state index contributed by atoms with van der Waals surface area (Å²) in [5.74, 6) is 3.64. The molecule has 5 rings (SSSR count). The van der Waals surface area contributed by atoms with Crippen molar-refractivity contribution in [3.05, 3.63) is 64.6 Å². The molecule has 9 heteroatoms. The van der Waals surface area contributed by atoms with Crippen LogP contribution in [0.2, 0.25) is 0 Å². The smallest absolute Gasteiger partial charge is 0.226 e. The maximum Gasteiger partial charge on any atom is 0.226 e. The molecule has 1 N–H and O–H groups in total. The van der Waals surface area contributed by atoms with Crippen LogP contribution in [0.4, 0.5) is 5.95 Å². The van der Waals surface area contributed by atoms with Crippen molar-refractivity contribution in [3.8, 4) is 23.0 Å². The number of carbonyl (C=O) groups is 1. The molecule has 9 nitrogen and oxygen atoms in total. The molecule has 1 aromatic heterocycles. The first-order chi connectivity index (χ1) is 17.0. The van der Waals surface area contributed by atoms with E-state index >= 15 is 0 Å². The van der Waals surface area contributed by atoms with Gasteiger partial charge in [0, 0.05) is 17.7 Å². The van der Waals surface area contributed by atoms with Gasteiger partial charge in [-0.05, 0) is 54.7 Å². The van der Waals surface area contributed by atoms with Gasteiger partial charge in [-0.25, -0.2) is 4.68 Å². The number of allylic oxidation sites excluding steroid dienone is 2. The van der Waals surface area contributed by atoms with E-state index in [-0.39, 0.29) is 11.7 Å². The highest BCUT2D eigenvalue weighted by Crippen LogP contribution is 2.47. The lowest BCUT2D eigenvalue weighted by molar-refractivity contribution is -0.116. The summed E-state index contributed by atoms with van der Waals surface area (Å²) in [5, 5.41) is 8.00. The number of rotatable bonds is 6. The third-order valence-electron chi connectivity index (χ3n) is 6.62. The van der Waals surface area contributed by atoms with Gasteiger partial charge in [-0.1, -0.05) is 12.1 Å². The maximum absolute atomic E-state index is 13.7. The summed E-state index contributed by atoms with van der Waals surface area (Å²) in [6.07, 6.45) is 1.08. The molecule has 0 unspecified atom stereocenters. The fourth-order valence-electron chi connectivity index (χ4n) is 5.00. The number of aryl methyl sites for hydroxylation is 1. The van der Waals surface area contributed by atoms with Crippen molar-refractivity contribution >= 4 is 11.7 Å². The molecule has 2 atom stereocenters. The van der Waals surface area contributed by atoms with Gasteiger partial charge >= 0.3 is 0 Å². The summed E-state index contributed by atoms with van der Waals surface area (Å²) in [6, 6.07) is 11.2. The van der Waals surface area contributed by atoms with Gasteiger partial charge in [0.2, 0.25) is 11.7 Å². The molecule has 3 aromatic rings. The van der Waals surface area contributed by atoms with Crippen molar-refractivity contribution in [2.24, 2.45) is 0 Å². The minimum absolute atomic E-state index is 0.0517. The van der Waals surface area contributed by atoms with Gasteiger partial charge in [-0.2, -0.15) is 10.1 Å². The lowest BCUT2D eigenvalue weighted by Gasteiger charge is -2.35. The molecule has 0 spiro atoms. The van der Waals surface area contributed by atoms with E-state index in [1.54, 1.807) is 33.1 Å². The Balaban J connectivity index is 1.62. The van der Waals surface area contributed by atoms with E-state index in [1.807, 2.05) is 43.3 Å². The van der Waals surface area contributed by atoms with Crippen molar-refractivity contribution < 1.29 is 23.7 Å². The number of methoxy groups -OCH3 is 4. The van der Waals surface area contributed by atoms with Crippen LogP contribution in [-0.2, 0) is 4.79 Å². The standard InChI is InChI=1S/C26H28N4O5/c1-14-27-26-28-19-10-16(15-6-8-18(32-2)9-7-15)11-20(31)23(19)24(30(26)29-14)17-12-21(33-3)25(35-5)22(13-17)34-4/h6-9,12-13,16,24H,10-11H2,1-5H3,(H,27,28,29)/t16-,24-/m1/s1. The zero-order chi connectivity index (χ0) is 24.7. The molecular weight excluding hydrogens is 448 g/mol. The summed E-state index contributed by atoms with van der Waals surface area (Å²) in [4.78, 5) is 18.3. The Morgan fingerprint density at radius 3 is 2.20 bits per heavy atom. The van der Waals surface area contributed by atoms with Gasteiger partial charge in [0.05, 0.1) is 28.4 Å². The number of carbonyl (C=O) groups excluding carboxylic acids is 1. The zero-order valence-corrected chi connectivity index (χ0v) is 20.4. The summed E-state index contributed by atoms with van der Waals surface area (Å²) in [7, 11) is 6.35. The third-order valence-corrected chi connectivity index (χ3v) is 6.62. The maximum atomic E-state index is 13.7. The molecule has 1 aliphatic heterocycles. The van der Waals surface area contributed by atoms with E-state index in [1.165, 1.54) is 0 Å². The first-order valence-corrected chi connectivity index (χ1v) is 11.4. The zero-order valence-electron chi connectivity index (χ0n) is 20.4. The Hall–Kier alpha value is -4.01. The van der Waals surface area contributed by atoms with E-state index in [2.05, 4.69) is 15.4 Å². The molecule has 0 saturated heterocycles. The Morgan fingerprint density at radius 1 is 0.914 bits per heavy atom. The molecule has 2 aromatic carbocycles. The van der Waals surface area contributed by atoms with Gasteiger partial charge in [0.1, 0.15) is 17.6 Å². The Kier molecular flexibility index (Phi) is 5.84. The molecule has 1 aliphatic carbocycles. The second-order valence-electron chi connectivity index (χ2n) is 8.61. The summed E-state index contributed by atoms with van der Waals surface area (Å²) in [5.41, 5.74) is 3.44. The Morgan fingerprint density at radius 2 is 1.60 bits per heavy atom. The van der Waals surface area contributed by atoms with E-state index in [0.29, 0.717) is 47.4 Å². The molecule has 2 heterocycles. The number of ketones is 1. The number of nitrogens with one attached hydrogen (secondary N) is 1. The fourth-order valence-corrected chi connectivity index (χ4v) is 5.00. The van der Waals surface area contributed by atoms with Crippen LogP contribution in [-0.4, -0.2) is 49.0 Å². The molecule has 0 amide bonds. The van der Waals surface area contributed by atoms with Crippen LogP contribution < -0.4 is 24.3 Å². The second kappa shape index (κ2) is 8.98. The van der Waals surface area contributed by atoms with E-state index in [4.69, 9.17) is 18.9 Å². The number of nitrogens with zero attached hydrogens (tertiary/aromatic N) is 3. The van der Waals surface area contributed by atoms with Crippen molar-refractivity contribution in [1.82, 2.24) is 14.8 Å². The SMILES string of the molecule is COc1ccc([C@H]2CC(=O)C3=C(C2)Nc2nc(C)nn2[C@@H]3c2cc(OC)c(OC)c(OC)c2)cc1. The van der Waals surface area contributed by atoms with Gasteiger partial charge < -0.3 is 24.3 Å². The third kappa shape index (κ3) is 3.86. The molecule has 35 heavy (non-hydrogen) atoms. The van der Waals surface area contributed by atoms with Crippen molar-refractivity contribution in [1.29, 1.82) is 0 Å². The number of ether oxygens (including phenoxy) is 4. The summed E-state index contributed by atoms with van der Waals surface area (Å²) < 4.78 is 23.7. The van der Waals surface area contributed by atoms with Crippen LogP contribution in [0.25, 0.3) is 0 Å². The lowest BCUT2D eigenvalue weighted by Crippen LogP contribution is -2.33. The number of anilines is 1. The first kappa shape index (κ1) is 22.8. The van der Waals surface area contributed by atoms with Crippen LogP contribution in [0.15, 0.2) is 47.7 Å². The van der Waals surface area contributed by atoms with Gasteiger partial charge in [-0.3, -0.25) is 4.79 Å². The highest BCUT2D eigenvalue weighted by molar-refractivity contribution is 6.00. The number of hydrogen-bond donors (Lipinski definition) is 1. The van der Waals surface area contributed by atoms with Crippen LogP contribution in [0.5, 0.6) is 23.0 Å². The predicted octanol–water partition coefficient (Wildman–Crippen LogP) is 4.04. The average molecular weight is 477 g/mol. The molecule has 2 aliphatic rings. The largest absolute Gasteiger partial charge is 0.497 e. The van der Waals surface area contributed by atoms with E-state index < -0.39 is 6.04 Å². The quantitative estimate of drug-likeness (QED) is 0.570. The topological polar surface area (TPSA) is 96.7 Å². The van der Waals surface area contributed by atoms with Crippen LogP contribution >= 0.6 is 0 Å². The summed E-state index contributed by atoms with van der Waals surface area (Å²) in [6.45, 7) is 1.83. The predicted molar refractivity (Wildman–Crippen MR) is 130 cm³/mol. The van der Waals surface area contributed by atoms with Gasteiger partial charge in [-0.15, -0.1) is 0 Å². The highest BCUT2D eigenvalue weighted by Gasteiger charge is 2.40. The number of Topliss-reactive ketones (excluding diaryl/α,β-unsaturated/α-hetero) is 1. The molecular formula is C26H28N4O5. The van der Waals surface area contributed by atoms with Crippen LogP contribution in [0.3, 0.4) is 0 Å². The molecule has 182 valence electrons. The van der Waals surface area contributed by atoms with Gasteiger partial charge in [0.25, 0.3) is 0 Å². The van der Waals surface area contributed by atoms with E-state index in [9.17, 15) is 4.79 Å². The number of benzene rings is 2. The highest BCUT2D eigenvalue weighted by atomic mass is 16.5.